The quantitative estimate of drug-likeness (QED) is 0.484. The highest BCUT2D eigenvalue weighted by molar-refractivity contribution is 7.90. The van der Waals surface area contributed by atoms with Gasteiger partial charge in [0, 0.05) is 17.8 Å². The molecular formula is C25H31N3O7S. The third-order valence-corrected chi connectivity index (χ3v) is 7.01. The summed E-state index contributed by atoms with van der Waals surface area (Å²) in [4.78, 5) is 40.9. The first-order chi connectivity index (χ1) is 17.1. The molecule has 1 fully saturated rings. The van der Waals surface area contributed by atoms with E-state index in [9.17, 15) is 22.8 Å². The second-order valence-corrected chi connectivity index (χ2v) is 10.7. The highest BCUT2D eigenvalue weighted by Gasteiger charge is 2.23. The predicted octanol–water partition coefficient (Wildman–Crippen LogP) is 3.08. The van der Waals surface area contributed by atoms with Crippen LogP contribution >= 0.6 is 0 Å². The third-order valence-electron chi connectivity index (χ3n) is 5.66. The highest BCUT2D eigenvalue weighted by atomic mass is 32.2. The lowest BCUT2D eigenvalue weighted by Crippen LogP contribution is -2.36. The number of nitrogens with one attached hydrogen (secondary N) is 2. The van der Waals surface area contributed by atoms with E-state index in [0.29, 0.717) is 5.56 Å². The first kappa shape index (κ1) is 27.1. The number of sulfonamides is 1. The van der Waals surface area contributed by atoms with E-state index in [1.807, 2.05) is 18.6 Å². The molecule has 2 N–H and O–H groups in total. The molecule has 11 heteroatoms. The maximum atomic E-state index is 12.8. The van der Waals surface area contributed by atoms with Gasteiger partial charge in [-0.1, -0.05) is 33.1 Å². The number of pyridine rings is 1. The molecule has 1 aliphatic carbocycles. The van der Waals surface area contributed by atoms with Gasteiger partial charge < -0.3 is 14.8 Å². The SMILES string of the molecule is COC(=O)c1ncc(C(=O)NS(=O)(=O)c2ccc(C(=O)NC3CCCCC3)cc2)cc1OCC(C)C. The smallest absolute Gasteiger partial charge is 0.360 e. The van der Waals surface area contributed by atoms with E-state index in [1.54, 1.807) is 0 Å². The summed E-state index contributed by atoms with van der Waals surface area (Å²) in [6.07, 6.45) is 6.26. The Morgan fingerprint density at radius 2 is 1.69 bits per heavy atom. The van der Waals surface area contributed by atoms with E-state index in [2.05, 4.69) is 15.0 Å². The Labute approximate surface area is 210 Å². The average molecular weight is 518 g/mol. The molecule has 3 rings (SSSR count). The Hall–Kier alpha value is -3.47. The van der Waals surface area contributed by atoms with E-state index in [-0.39, 0.29) is 46.4 Å². The Morgan fingerprint density at radius 3 is 2.31 bits per heavy atom. The van der Waals surface area contributed by atoms with Crippen molar-refractivity contribution in [3.05, 3.63) is 53.3 Å². The fraction of sp³-hybridized carbons (Fsp3) is 0.440. The second-order valence-electron chi connectivity index (χ2n) is 9.03. The number of amides is 2. The number of nitrogens with zero attached hydrogens (tertiary/aromatic N) is 1. The maximum absolute atomic E-state index is 12.8. The highest BCUT2D eigenvalue weighted by Crippen LogP contribution is 2.21. The first-order valence-electron chi connectivity index (χ1n) is 11.8. The van der Waals surface area contributed by atoms with Gasteiger partial charge in [-0.15, -0.1) is 0 Å². The van der Waals surface area contributed by atoms with Gasteiger partial charge in [0.1, 0.15) is 0 Å². The van der Waals surface area contributed by atoms with Crippen LogP contribution in [0.3, 0.4) is 0 Å². The van der Waals surface area contributed by atoms with Gasteiger partial charge in [-0.05, 0) is 49.1 Å². The van der Waals surface area contributed by atoms with Crippen LogP contribution in [-0.2, 0) is 14.8 Å². The Bertz CT molecular complexity index is 1200. The monoisotopic (exact) mass is 517 g/mol. The van der Waals surface area contributed by atoms with Crippen molar-refractivity contribution < 1.29 is 32.3 Å². The number of rotatable bonds is 9. The van der Waals surface area contributed by atoms with Gasteiger partial charge in [-0.2, -0.15) is 0 Å². The summed E-state index contributed by atoms with van der Waals surface area (Å²) in [6, 6.07) is 6.71. The van der Waals surface area contributed by atoms with Crippen molar-refractivity contribution in [3.8, 4) is 5.75 Å². The van der Waals surface area contributed by atoms with Crippen molar-refractivity contribution in [2.45, 2.75) is 56.9 Å². The minimum Gasteiger partial charge on any atom is -0.491 e. The van der Waals surface area contributed by atoms with Crippen LogP contribution in [0.2, 0.25) is 0 Å². The molecule has 0 spiro atoms. The normalized spacial score (nSPS) is 14.2. The van der Waals surface area contributed by atoms with Gasteiger partial charge in [0.2, 0.25) is 0 Å². The van der Waals surface area contributed by atoms with Crippen LogP contribution < -0.4 is 14.8 Å². The summed E-state index contributed by atoms with van der Waals surface area (Å²) in [6.45, 7) is 4.05. The van der Waals surface area contributed by atoms with Gasteiger partial charge in [-0.25, -0.2) is 22.9 Å². The number of carbonyl (C=O) groups is 3. The molecule has 1 aromatic heterocycles. The fourth-order valence-electron chi connectivity index (χ4n) is 3.73. The Morgan fingerprint density at radius 1 is 1.03 bits per heavy atom. The Kier molecular flexibility index (Phi) is 9.03. The molecule has 0 aliphatic heterocycles. The molecule has 10 nitrogen and oxygen atoms in total. The predicted molar refractivity (Wildman–Crippen MR) is 131 cm³/mol. The number of aromatic nitrogens is 1. The van der Waals surface area contributed by atoms with E-state index in [4.69, 9.17) is 4.74 Å². The summed E-state index contributed by atoms with van der Waals surface area (Å²) in [5.41, 5.74) is 0.0912. The van der Waals surface area contributed by atoms with Crippen LogP contribution in [0.1, 0.15) is 77.2 Å². The van der Waals surface area contributed by atoms with Crippen molar-refractivity contribution in [1.82, 2.24) is 15.0 Å². The molecule has 0 unspecified atom stereocenters. The molecule has 1 heterocycles. The van der Waals surface area contributed by atoms with Crippen LogP contribution in [0.25, 0.3) is 0 Å². The second kappa shape index (κ2) is 12.0. The summed E-state index contributed by atoms with van der Waals surface area (Å²) in [5.74, 6) is -1.83. The number of methoxy groups -OCH3 is 1. The first-order valence-corrected chi connectivity index (χ1v) is 13.3. The van der Waals surface area contributed by atoms with Crippen LogP contribution in [0.4, 0.5) is 0 Å². The van der Waals surface area contributed by atoms with Gasteiger partial charge >= 0.3 is 5.97 Å². The minimum absolute atomic E-state index is 0.00827. The van der Waals surface area contributed by atoms with E-state index < -0.39 is 21.9 Å². The summed E-state index contributed by atoms with van der Waals surface area (Å²) < 4.78 is 37.8. The van der Waals surface area contributed by atoms with Crippen LogP contribution in [0, 0.1) is 5.92 Å². The van der Waals surface area contributed by atoms with Crippen molar-refractivity contribution in [2.75, 3.05) is 13.7 Å². The van der Waals surface area contributed by atoms with E-state index in [1.165, 1.54) is 43.9 Å². The summed E-state index contributed by atoms with van der Waals surface area (Å²) >= 11 is 0. The fourth-order valence-corrected chi connectivity index (χ4v) is 4.70. The number of ether oxygens (including phenoxy) is 2. The molecule has 2 aromatic rings. The molecule has 0 atom stereocenters. The minimum atomic E-state index is -4.24. The van der Waals surface area contributed by atoms with Crippen molar-refractivity contribution in [1.29, 1.82) is 0 Å². The van der Waals surface area contributed by atoms with Crippen LogP contribution in [0.15, 0.2) is 41.4 Å². The third kappa shape index (κ3) is 7.03. The van der Waals surface area contributed by atoms with Gasteiger partial charge in [0.25, 0.3) is 21.8 Å². The number of hydrogen-bond donors (Lipinski definition) is 2. The van der Waals surface area contributed by atoms with Gasteiger partial charge in [0.15, 0.2) is 11.4 Å². The van der Waals surface area contributed by atoms with Crippen LogP contribution in [-0.4, -0.2) is 50.9 Å². The van der Waals surface area contributed by atoms with Gasteiger partial charge in [0.05, 0.1) is 24.2 Å². The number of esters is 1. The topological polar surface area (TPSA) is 141 Å². The molecule has 0 saturated heterocycles. The summed E-state index contributed by atoms with van der Waals surface area (Å²) in [5, 5.41) is 2.98. The zero-order valence-corrected chi connectivity index (χ0v) is 21.4. The van der Waals surface area contributed by atoms with Crippen molar-refractivity contribution in [3.63, 3.8) is 0 Å². The largest absolute Gasteiger partial charge is 0.491 e. The standard InChI is InChI=1S/C25H31N3O7S/c1-16(2)15-35-21-13-18(14-26-22(21)25(31)34-3)24(30)28-36(32,33)20-11-9-17(10-12-20)23(29)27-19-7-5-4-6-8-19/h9-14,16,19H,4-8,15H2,1-3H3,(H,27,29)(H,28,30). The lowest BCUT2D eigenvalue weighted by Gasteiger charge is -2.22. The molecule has 0 bridgehead atoms. The zero-order chi connectivity index (χ0) is 26.3. The molecule has 1 saturated carbocycles. The van der Waals surface area contributed by atoms with Gasteiger partial charge in [-0.3, -0.25) is 9.59 Å². The maximum Gasteiger partial charge on any atom is 0.360 e. The lowest BCUT2D eigenvalue weighted by atomic mass is 9.95. The number of benzene rings is 1. The molecule has 2 amide bonds. The van der Waals surface area contributed by atoms with Crippen molar-refractivity contribution >= 4 is 27.8 Å². The molecule has 0 radical (unpaired) electrons. The zero-order valence-electron chi connectivity index (χ0n) is 20.6. The Balaban J connectivity index is 1.72. The average Bonchev–Trinajstić information content (AvgIpc) is 2.87. The van der Waals surface area contributed by atoms with E-state index in [0.717, 1.165) is 31.9 Å². The molecule has 1 aliphatic rings. The molecule has 36 heavy (non-hydrogen) atoms. The van der Waals surface area contributed by atoms with Crippen LogP contribution in [0.5, 0.6) is 5.75 Å². The number of carbonyl (C=O) groups excluding carboxylic acids is 3. The molecule has 194 valence electrons. The molecule has 1 aromatic carbocycles. The van der Waals surface area contributed by atoms with E-state index >= 15 is 0 Å². The van der Waals surface area contributed by atoms with Crippen molar-refractivity contribution in [2.24, 2.45) is 5.92 Å². The lowest BCUT2D eigenvalue weighted by molar-refractivity contribution is 0.0587. The molecular weight excluding hydrogens is 486 g/mol. The number of hydrogen-bond acceptors (Lipinski definition) is 8. The summed E-state index contributed by atoms with van der Waals surface area (Å²) in [7, 11) is -3.05.